The first kappa shape index (κ1) is 15.3. The lowest BCUT2D eigenvalue weighted by Crippen LogP contribution is -2.45. The van der Waals surface area contributed by atoms with Crippen LogP contribution in [0.25, 0.3) is 0 Å². The topological polar surface area (TPSA) is 71.5 Å². The molecule has 2 atom stereocenters. The van der Waals surface area contributed by atoms with Gasteiger partial charge in [0, 0.05) is 11.8 Å². The number of pyridine rings is 1. The Hall–Kier alpha value is -1.62. The maximum Gasteiger partial charge on any atom is 0.231 e. The van der Waals surface area contributed by atoms with E-state index in [2.05, 4.69) is 10.3 Å². The summed E-state index contributed by atoms with van der Waals surface area (Å²) in [6, 6.07) is 3.56. The Labute approximate surface area is 131 Å². The molecule has 22 heavy (non-hydrogen) atoms. The molecule has 1 aromatic rings. The predicted molar refractivity (Wildman–Crippen MR) is 82.7 cm³/mol. The number of aliphatic hydroxyl groups excluding tert-OH is 1. The Morgan fingerprint density at radius 2 is 2.14 bits per heavy atom. The molecule has 2 heterocycles. The van der Waals surface area contributed by atoms with Crippen LogP contribution in [0.1, 0.15) is 50.0 Å². The van der Waals surface area contributed by atoms with Crippen molar-refractivity contribution in [3.05, 3.63) is 23.9 Å². The zero-order valence-electron chi connectivity index (χ0n) is 12.8. The van der Waals surface area contributed by atoms with E-state index in [1.54, 1.807) is 6.20 Å². The number of rotatable bonds is 4. The Morgan fingerprint density at radius 3 is 2.86 bits per heavy atom. The van der Waals surface area contributed by atoms with Gasteiger partial charge in [0.05, 0.1) is 12.6 Å². The Kier molecular flexibility index (Phi) is 4.93. The van der Waals surface area contributed by atoms with Crippen LogP contribution in [0.15, 0.2) is 18.3 Å². The van der Waals surface area contributed by atoms with Gasteiger partial charge in [-0.05, 0) is 24.8 Å². The molecule has 0 spiro atoms. The minimum Gasteiger partial charge on any atom is -0.476 e. The van der Waals surface area contributed by atoms with Crippen LogP contribution in [0, 0.1) is 5.92 Å². The summed E-state index contributed by atoms with van der Waals surface area (Å²) in [5.41, 5.74) is 0.845. The Bertz CT molecular complexity index is 512. The first-order chi connectivity index (χ1) is 10.8. The number of amides is 1. The number of nitrogens with zero attached hydrogens (tertiary/aromatic N) is 1. The number of aliphatic hydroxyl groups is 1. The maximum absolute atomic E-state index is 12.6. The molecule has 1 fully saturated rings. The molecule has 0 bridgehead atoms. The highest BCUT2D eigenvalue weighted by Crippen LogP contribution is 2.32. The fraction of sp³-hybridized carbons (Fsp3) is 0.647. The van der Waals surface area contributed by atoms with Crippen LogP contribution in [-0.2, 0) is 4.79 Å². The number of hydrogen-bond acceptors (Lipinski definition) is 4. The molecule has 1 saturated carbocycles. The normalized spacial score (nSPS) is 23.2. The lowest BCUT2D eigenvalue weighted by atomic mass is 9.91. The molecule has 0 saturated heterocycles. The van der Waals surface area contributed by atoms with Crippen LogP contribution in [0.3, 0.4) is 0 Å². The van der Waals surface area contributed by atoms with Crippen LogP contribution >= 0.6 is 0 Å². The van der Waals surface area contributed by atoms with Crippen LogP contribution in [0.4, 0.5) is 0 Å². The molecule has 5 nitrogen and oxygen atoms in total. The van der Waals surface area contributed by atoms with E-state index in [0.717, 1.165) is 18.4 Å². The minimum absolute atomic E-state index is 0.00385. The Morgan fingerprint density at radius 1 is 1.36 bits per heavy atom. The van der Waals surface area contributed by atoms with Gasteiger partial charge in [-0.25, -0.2) is 4.98 Å². The van der Waals surface area contributed by atoms with E-state index >= 15 is 0 Å². The molecule has 1 aromatic heterocycles. The van der Waals surface area contributed by atoms with Crippen molar-refractivity contribution >= 4 is 5.91 Å². The van der Waals surface area contributed by atoms with Crippen molar-refractivity contribution in [3.8, 4) is 5.88 Å². The van der Waals surface area contributed by atoms with Gasteiger partial charge in [-0.3, -0.25) is 4.79 Å². The maximum atomic E-state index is 12.6. The zero-order valence-corrected chi connectivity index (χ0v) is 12.8. The van der Waals surface area contributed by atoms with E-state index in [1.807, 2.05) is 12.1 Å². The van der Waals surface area contributed by atoms with Crippen molar-refractivity contribution in [1.29, 1.82) is 0 Å². The summed E-state index contributed by atoms with van der Waals surface area (Å²) in [5.74, 6) is 0.559. The molecule has 0 radical (unpaired) electrons. The number of nitrogens with one attached hydrogen (secondary N) is 1. The van der Waals surface area contributed by atoms with Crippen molar-refractivity contribution in [2.75, 3.05) is 13.2 Å². The van der Waals surface area contributed by atoms with Crippen LogP contribution in [-0.4, -0.2) is 35.3 Å². The van der Waals surface area contributed by atoms with Gasteiger partial charge >= 0.3 is 0 Å². The molecule has 2 unspecified atom stereocenters. The van der Waals surface area contributed by atoms with Crippen molar-refractivity contribution in [3.63, 3.8) is 0 Å². The van der Waals surface area contributed by atoms with Gasteiger partial charge in [-0.2, -0.15) is 0 Å². The summed E-state index contributed by atoms with van der Waals surface area (Å²) in [4.78, 5) is 16.7. The number of carbonyl (C=O) groups is 1. The molecule has 1 amide bonds. The highest BCUT2D eigenvalue weighted by Gasteiger charge is 2.33. The fourth-order valence-electron chi connectivity index (χ4n) is 3.57. The van der Waals surface area contributed by atoms with E-state index in [-0.39, 0.29) is 24.5 Å². The number of carbonyl (C=O) groups excluding carboxylic acids is 1. The van der Waals surface area contributed by atoms with E-state index in [4.69, 9.17) is 4.74 Å². The highest BCUT2D eigenvalue weighted by molar-refractivity contribution is 5.85. The molecule has 120 valence electrons. The van der Waals surface area contributed by atoms with Gasteiger partial charge in [0.25, 0.3) is 0 Å². The lowest BCUT2D eigenvalue weighted by Gasteiger charge is -2.26. The summed E-state index contributed by atoms with van der Waals surface area (Å²) in [6.07, 6.45) is 8.75. The average molecular weight is 304 g/mol. The third-order valence-electron chi connectivity index (χ3n) is 4.87. The summed E-state index contributed by atoms with van der Waals surface area (Å²) < 4.78 is 5.48. The van der Waals surface area contributed by atoms with Crippen LogP contribution in [0.5, 0.6) is 5.88 Å². The lowest BCUT2D eigenvalue weighted by molar-refractivity contribution is -0.124. The van der Waals surface area contributed by atoms with Crippen LogP contribution in [0.2, 0.25) is 0 Å². The van der Waals surface area contributed by atoms with E-state index in [1.165, 1.54) is 25.7 Å². The van der Waals surface area contributed by atoms with Gasteiger partial charge in [0.1, 0.15) is 12.5 Å². The first-order valence-electron chi connectivity index (χ1n) is 8.28. The summed E-state index contributed by atoms with van der Waals surface area (Å²) >= 11 is 0. The van der Waals surface area contributed by atoms with Crippen molar-refractivity contribution in [1.82, 2.24) is 10.3 Å². The molecule has 2 aliphatic rings. The highest BCUT2D eigenvalue weighted by atomic mass is 16.5. The predicted octanol–water partition coefficient (Wildman–Crippen LogP) is 2.01. The van der Waals surface area contributed by atoms with E-state index < -0.39 is 0 Å². The summed E-state index contributed by atoms with van der Waals surface area (Å²) in [5, 5.41) is 12.7. The summed E-state index contributed by atoms with van der Waals surface area (Å²) in [7, 11) is 0. The van der Waals surface area contributed by atoms with Gasteiger partial charge in [0.15, 0.2) is 0 Å². The van der Waals surface area contributed by atoms with Gasteiger partial charge in [0.2, 0.25) is 11.8 Å². The van der Waals surface area contributed by atoms with E-state index in [0.29, 0.717) is 18.4 Å². The molecule has 0 aromatic carbocycles. The second-order valence-corrected chi connectivity index (χ2v) is 6.31. The molecule has 3 rings (SSSR count). The third-order valence-corrected chi connectivity index (χ3v) is 4.87. The SMILES string of the molecule is O=C(NC(CO)C1CCCCCC1)C1COc2ncccc21. The Balaban J connectivity index is 1.65. The van der Waals surface area contributed by atoms with Crippen LogP contribution < -0.4 is 10.1 Å². The van der Waals surface area contributed by atoms with Gasteiger partial charge in [-0.1, -0.05) is 31.7 Å². The van der Waals surface area contributed by atoms with Gasteiger partial charge in [-0.15, -0.1) is 0 Å². The van der Waals surface area contributed by atoms with Crippen molar-refractivity contribution in [2.24, 2.45) is 5.92 Å². The second kappa shape index (κ2) is 7.09. The third kappa shape index (κ3) is 3.24. The fourth-order valence-corrected chi connectivity index (χ4v) is 3.57. The van der Waals surface area contributed by atoms with Gasteiger partial charge < -0.3 is 15.2 Å². The van der Waals surface area contributed by atoms with Crippen molar-refractivity contribution < 1.29 is 14.6 Å². The monoisotopic (exact) mass is 304 g/mol. The number of aromatic nitrogens is 1. The quantitative estimate of drug-likeness (QED) is 0.835. The summed E-state index contributed by atoms with van der Waals surface area (Å²) in [6.45, 7) is 0.338. The minimum atomic E-state index is -0.316. The molecular weight excluding hydrogens is 280 g/mol. The average Bonchev–Trinajstić information content (AvgIpc) is 2.79. The largest absolute Gasteiger partial charge is 0.476 e. The smallest absolute Gasteiger partial charge is 0.231 e. The number of ether oxygens (including phenoxy) is 1. The van der Waals surface area contributed by atoms with Crippen molar-refractivity contribution in [2.45, 2.75) is 50.5 Å². The number of hydrogen-bond donors (Lipinski definition) is 2. The molecule has 5 heteroatoms. The first-order valence-corrected chi connectivity index (χ1v) is 8.28. The molecule has 2 N–H and O–H groups in total. The molecule has 1 aliphatic heterocycles. The molecule has 1 aliphatic carbocycles. The standard InChI is InChI=1S/C17H24N2O3/c20-10-15(12-6-3-1-2-4-7-12)19-16(21)14-11-22-17-13(14)8-5-9-18-17/h5,8-9,12,14-15,20H,1-4,6-7,10-11H2,(H,19,21). The zero-order chi connectivity index (χ0) is 15.4. The van der Waals surface area contributed by atoms with E-state index in [9.17, 15) is 9.90 Å². The second-order valence-electron chi connectivity index (χ2n) is 6.31. The number of fused-ring (bicyclic) bond motifs is 1. The molecular formula is C17H24N2O3.